The second-order valence-electron chi connectivity index (χ2n) is 5.46. The Hall–Kier alpha value is -3.39. The van der Waals surface area contributed by atoms with Crippen LogP contribution in [-0.2, 0) is 4.79 Å². The fourth-order valence-electron chi connectivity index (χ4n) is 2.23. The van der Waals surface area contributed by atoms with E-state index in [1.54, 1.807) is 30.3 Å². The molecule has 2 aromatic carbocycles. The first kappa shape index (κ1) is 18.4. The van der Waals surface area contributed by atoms with Gasteiger partial charge in [0.2, 0.25) is 11.9 Å². The van der Waals surface area contributed by atoms with Crippen molar-refractivity contribution in [2.75, 3.05) is 16.0 Å². The summed E-state index contributed by atoms with van der Waals surface area (Å²) in [7, 11) is 0. The van der Waals surface area contributed by atoms with E-state index in [9.17, 15) is 9.18 Å². The maximum Gasteiger partial charge on any atom is 0.247 e. The SMILES string of the molecule is C=CC(=O)Nc1cccc(Nc2nc(Nc3cccc(S)c3)ncc2F)c1. The van der Waals surface area contributed by atoms with Crippen molar-refractivity contribution in [2.45, 2.75) is 4.90 Å². The van der Waals surface area contributed by atoms with E-state index in [2.05, 4.69) is 45.1 Å². The van der Waals surface area contributed by atoms with Crippen LogP contribution in [0.25, 0.3) is 0 Å². The Morgan fingerprint density at radius 3 is 2.52 bits per heavy atom. The van der Waals surface area contributed by atoms with Gasteiger partial charge in [0.1, 0.15) is 0 Å². The summed E-state index contributed by atoms with van der Waals surface area (Å²) in [5.74, 6) is -0.710. The number of amides is 1. The van der Waals surface area contributed by atoms with E-state index in [0.29, 0.717) is 11.4 Å². The van der Waals surface area contributed by atoms with Gasteiger partial charge in [-0.25, -0.2) is 9.37 Å². The topological polar surface area (TPSA) is 78.9 Å². The molecule has 0 saturated carbocycles. The third kappa shape index (κ3) is 5.05. The third-order valence-corrected chi connectivity index (χ3v) is 3.70. The predicted molar refractivity (Wildman–Crippen MR) is 108 cm³/mol. The number of thiol groups is 1. The number of hydrogen-bond donors (Lipinski definition) is 4. The zero-order chi connectivity index (χ0) is 19.2. The molecular formula is C19H16FN5OS. The molecular weight excluding hydrogens is 365 g/mol. The van der Waals surface area contributed by atoms with Crippen molar-refractivity contribution in [1.82, 2.24) is 9.97 Å². The van der Waals surface area contributed by atoms with Crippen molar-refractivity contribution in [3.63, 3.8) is 0 Å². The number of anilines is 5. The molecule has 27 heavy (non-hydrogen) atoms. The van der Waals surface area contributed by atoms with E-state index >= 15 is 0 Å². The minimum Gasteiger partial charge on any atom is -0.338 e. The van der Waals surface area contributed by atoms with Crippen molar-refractivity contribution in [3.8, 4) is 0 Å². The van der Waals surface area contributed by atoms with Crippen LogP contribution in [0.15, 0.2) is 72.3 Å². The lowest BCUT2D eigenvalue weighted by atomic mass is 10.2. The molecule has 136 valence electrons. The van der Waals surface area contributed by atoms with Gasteiger partial charge in [0, 0.05) is 22.0 Å². The molecule has 6 nitrogen and oxygen atoms in total. The van der Waals surface area contributed by atoms with Gasteiger partial charge < -0.3 is 16.0 Å². The van der Waals surface area contributed by atoms with E-state index in [-0.39, 0.29) is 17.7 Å². The first-order valence-electron chi connectivity index (χ1n) is 7.92. The molecule has 1 heterocycles. The highest BCUT2D eigenvalue weighted by Crippen LogP contribution is 2.23. The van der Waals surface area contributed by atoms with Gasteiger partial charge in [-0.05, 0) is 42.5 Å². The van der Waals surface area contributed by atoms with Crippen molar-refractivity contribution in [3.05, 3.63) is 73.2 Å². The van der Waals surface area contributed by atoms with E-state index in [1.165, 1.54) is 6.08 Å². The summed E-state index contributed by atoms with van der Waals surface area (Å²) in [5, 5.41) is 8.52. The molecule has 0 aliphatic heterocycles. The first-order chi connectivity index (χ1) is 13.0. The van der Waals surface area contributed by atoms with Crippen LogP contribution < -0.4 is 16.0 Å². The Morgan fingerprint density at radius 2 is 1.78 bits per heavy atom. The zero-order valence-corrected chi connectivity index (χ0v) is 15.0. The molecule has 0 aliphatic carbocycles. The van der Waals surface area contributed by atoms with Crippen LogP contribution in [0.5, 0.6) is 0 Å². The van der Waals surface area contributed by atoms with Crippen LogP contribution in [0, 0.1) is 5.82 Å². The average molecular weight is 381 g/mol. The predicted octanol–water partition coefficient (Wildman–Crippen LogP) is 4.52. The number of carbonyl (C=O) groups excluding carboxylic acids is 1. The smallest absolute Gasteiger partial charge is 0.247 e. The quantitative estimate of drug-likeness (QED) is 0.373. The molecule has 0 spiro atoms. The van der Waals surface area contributed by atoms with Gasteiger partial charge in [0.05, 0.1) is 6.20 Å². The summed E-state index contributed by atoms with van der Waals surface area (Å²) in [6, 6.07) is 14.1. The Balaban J connectivity index is 1.79. The van der Waals surface area contributed by atoms with Crippen molar-refractivity contribution < 1.29 is 9.18 Å². The second kappa shape index (κ2) is 8.33. The highest BCUT2D eigenvalue weighted by atomic mass is 32.1. The highest BCUT2D eigenvalue weighted by Gasteiger charge is 2.09. The Labute approximate surface area is 161 Å². The number of nitrogens with one attached hydrogen (secondary N) is 3. The normalized spacial score (nSPS) is 10.1. The number of benzene rings is 2. The lowest BCUT2D eigenvalue weighted by Crippen LogP contribution is -2.07. The van der Waals surface area contributed by atoms with Gasteiger partial charge in [0.15, 0.2) is 11.6 Å². The fraction of sp³-hybridized carbons (Fsp3) is 0. The number of halogens is 1. The largest absolute Gasteiger partial charge is 0.338 e. The van der Waals surface area contributed by atoms with Crippen molar-refractivity contribution in [2.24, 2.45) is 0 Å². The number of carbonyl (C=O) groups is 1. The standard InChI is InChI=1S/C19H16FN5OS/c1-2-17(26)22-12-5-3-6-13(9-12)23-18-16(20)11-21-19(25-18)24-14-7-4-8-15(27)10-14/h2-11,27H,1H2,(H,22,26)(H2,21,23,24,25). The van der Waals surface area contributed by atoms with Crippen LogP contribution in [-0.4, -0.2) is 15.9 Å². The molecule has 0 saturated heterocycles. The van der Waals surface area contributed by atoms with E-state index in [0.717, 1.165) is 16.8 Å². The first-order valence-corrected chi connectivity index (χ1v) is 8.37. The second-order valence-corrected chi connectivity index (χ2v) is 5.98. The Bertz CT molecular complexity index is 995. The van der Waals surface area contributed by atoms with E-state index in [1.807, 2.05) is 18.2 Å². The summed E-state index contributed by atoms with van der Waals surface area (Å²) in [5.41, 5.74) is 1.83. The van der Waals surface area contributed by atoms with Crippen molar-refractivity contribution in [1.29, 1.82) is 0 Å². The molecule has 3 rings (SSSR count). The minimum absolute atomic E-state index is 0.00160. The Kier molecular flexibility index (Phi) is 5.68. The third-order valence-electron chi connectivity index (χ3n) is 3.42. The number of rotatable bonds is 6. The molecule has 0 fully saturated rings. The Morgan fingerprint density at radius 1 is 1.07 bits per heavy atom. The average Bonchev–Trinajstić information content (AvgIpc) is 2.65. The van der Waals surface area contributed by atoms with Crippen LogP contribution in [0.2, 0.25) is 0 Å². The lowest BCUT2D eigenvalue weighted by molar-refractivity contribution is -0.111. The van der Waals surface area contributed by atoms with E-state index < -0.39 is 5.82 Å². The lowest BCUT2D eigenvalue weighted by Gasteiger charge is -2.11. The van der Waals surface area contributed by atoms with Gasteiger partial charge in [-0.3, -0.25) is 4.79 Å². The monoisotopic (exact) mass is 381 g/mol. The molecule has 1 amide bonds. The summed E-state index contributed by atoms with van der Waals surface area (Å²) >= 11 is 4.27. The van der Waals surface area contributed by atoms with Gasteiger partial charge in [-0.1, -0.05) is 18.7 Å². The minimum atomic E-state index is -0.607. The number of aromatic nitrogens is 2. The summed E-state index contributed by atoms with van der Waals surface area (Å²) < 4.78 is 14.1. The maximum atomic E-state index is 14.1. The summed E-state index contributed by atoms with van der Waals surface area (Å²) in [6.07, 6.45) is 2.24. The molecule has 3 N–H and O–H groups in total. The molecule has 0 radical (unpaired) electrons. The molecule has 0 atom stereocenters. The van der Waals surface area contributed by atoms with Gasteiger partial charge in [0.25, 0.3) is 0 Å². The molecule has 1 aromatic heterocycles. The molecule has 0 bridgehead atoms. The summed E-state index contributed by atoms with van der Waals surface area (Å²) in [4.78, 5) is 20.3. The maximum absolute atomic E-state index is 14.1. The van der Waals surface area contributed by atoms with E-state index in [4.69, 9.17) is 0 Å². The fourth-order valence-corrected chi connectivity index (χ4v) is 2.46. The molecule has 0 aliphatic rings. The zero-order valence-electron chi connectivity index (χ0n) is 14.1. The van der Waals surface area contributed by atoms with Gasteiger partial charge >= 0.3 is 0 Å². The van der Waals surface area contributed by atoms with Crippen LogP contribution >= 0.6 is 12.6 Å². The van der Waals surface area contributed by atoms with Gasteiger partial charge in [-0.2, -0.15) is 4.98 Å². The molecule has 8 heteroatoms. The van der Waals surface area contributed by atoms with Gasteiger partial charge in [-0.15, -0.1) is 12.6 Å². The molecule has 3 aromatic rings. The number of hydrogen-bond acceptors (Lipinski definition) is 6. The number of nitrogens with zero attached hydrogens (tertiary/aromatic N) is 2. The molecule has 0 unspecified atom stereocenters. The van der Waals surface area contributed by atoms with Crippen LogP contribution in [0.3, 0.4) is 0 Å². The highest BCUT2D eigenvalue weighted by molar-refractivity contribution is 7.80. The van der Waals surface area contributed by atoms with Crippen LogP contribution in [0.4, 0.5) is 33.2 Å². The summed E-state index contributed by atoms with van der Waals surface area (Å²) in [6.45, 7) is 3.40. The van der Waals surface area contributed by atoms with Crippen LogP contribution in [0.1, 0.15) is 0 Å². The van der Waals surface area contributed by atoms with Crippen molar-refractivity contribution >= 4 is 47.4 Å².